The molecule has 5 rings (SSSR count). The number of carbonyl (C=O) groups excluding carboxylic acids is 1. The van der Waals surface area contributed by atoms with Gasteiger partial charge in [-0.25, -0.2) is 27.0 Å². The van der Waals surface area contributed by atoms with Gasteiger partial charge in [-0.15, -0.1) is 0 Å². The van der Waals surface area contributed by atoms with Crippen LogP contribution in [0.25, 0.3) is 16.9 Å². The van der Waals surface area contributed by atoms with E-state index in [9.17, 15) is 18.7 Å². The summed E-state index contributed by atoms with van der Waals surface area (Å²) in [6.45, 7) is 4.44. The van der Waals surface area contributed by atoms with Crippen molar-refractivity contribution >= 4 is 21.3 Å². The number of aromatic nitrogens is 3. The van der Waals surface area contributed by atoms with Crippen LogP contribution in [-0.2, 0) is 14.5 Å². The van der Waals surface area contributed by atoms with Gasteiger partial charge in [0.25, 0.3) is 0 Å². The highest BCUT2D eigenvalue weighted by molar-refractivity contribution is 7.92. The summed E-state index contributed by atoms with van der Waals surface area (Å²) in [4.78, 5) is 19.4. The lowest BCUT2D eigenvalue weighted by Crippen LogP contribution is -2.53. The summed E-state index contributed by atoms with van der Waals surface area (Å²) >= 11 is 0. The molecule has 3 heterocycles. The molecule has 3 N–H and O–H groups in total. The van der Waals surface area contributed by atoms with Gasteiger partial charge in [0.05, 0.1) is 23.1 Å². The van der Waals surface area contributed by atoms with Crippen molar-refractivity contribution in [2.24, 2.45) is 23.0 Å². The second-order valence-electron chi connectivity index (χ2n) is 11.8. The molecule has 2 fully saturated rings. The first-order valence-electron chi connectivity index (χ1n) is 14.2. The quantitative estimate of drug-likeness (QED) is 0.379. The zero-order valence-corrected chi connectivity index (χ0v) is 24.8. The minimum Gasteiger partial charge on any atom is -0.370 e. The normalized spacial score (nSPS) is 23.9. The number of nitriles is 1. The van der Waals surface area contributed by atoms with E-state index in [1.807, 2.05) is 17.0 Å². The standard InChI is InChI=1S/C30H34F3N7O2S/c1-19(2)24(17-34)30(28(35)41)10-9-29(32,33)16-23(30)26-22(18-40(38-26)27-25(31)4-3-11-37-27)20-5-7-21(8-6-20)39-12-14-43(36,42)15-13-39/h3-8,11,18-19,23-24,36H,9-10,12-16H2,1-2H3,(H2,35,41)/t23?,24-,30?/m0/s1. The predicted molar refractivity (Wildman–Crippen MR) is 157 cm³/mol. The zero-order valence-electron chi connectivity index (χ0n) is 24.0. The van der Waals surface area contributed by atoms with Gasteiger partial charge in [-0.2, -0.15) is 10.4 Å². The monoisotopic (exact) mass is 613 g/mol. The number of rotatable bonds is 7. The summed E-state index contributed by atoms with van der Waals surface area (Å²) in [5.74, 6) is -6.86. The number of pyridine rings is 1. The molecule has 3 aromatic rings. The average molecular weight is 614 g/mol. The Morgan fingerprint density at radius 1 is 1.19 bits per heavy atom. The van der Waals surface area contributed by atoms with Crippen LogP contribution < -0.4 is 10.6 Å². The van der Waals surface area contributed by atoms with Crippen molar-refractivity contribution in [3.63, 3.8) is 0 Å². The van der Waals surface area contributed by atoms with Gasteiger partial charge in [-0.1, -0.05) is 26.0 Å². The van der Waals surface area contributed by atoms with Crippen LogP contribution in [0.4, 0.5) is 18.9 Å². The lowest BCUT2D eigenvalue weighted by Gasteiger charge is -2.47. The number of nitrogens with zero attached hydrogens (tertiary/aromatic N) is 5. The SMILES string of the molecule is CC(C)[C@H](C#N)C1(C(N)=O)CCC(F)(F)CC1c1nn(-c2ncccc2F)cc1-c1ccc(N2CCS(=N)(=O)CC2)cc1. The maximum atomic E-state index is 15.2. The third-order valence-corrected chi connectivity index (χ3v) is 10.5. The molecular weight excluding hydrogens is 579 g/mol. The van der Waals surface area contributed by atoms with Crippen LogP contribution in [0.3, 0.4) is 0 Å². The van der Waals surface area contributed by atoms with Gasteiger partial charge in [0, 0.05) is 76.7 Å². The molecule has 43 heavy (non-hydrogen) atoms. The van der Waals surface area contributed by atoms with Crippen LogP contribution in [0.2, 0.25) is 0 Å². The molecule has 2 unspecified atom stereocenters. The van der Waals surface area contributed by atoms with Gasteiger partial charge < -0.3 is 10.6 Å². The fourth-order valence-electron chi connectivity index (χ4n) is 6.53. The number of primary amides is 1. The average Bonchev–Trinajstić information content (AvgIpc) is 3.39. The predicted octanol–water partition coefficient (Wildman–Crippen LogP) is 5.11. The number of benzene rings is 1. The second-order valence-corrected chi connectivity index (χ2v) is 14.2. The van der Waals surface area contributed by atoms with Crippen molar-refractivity contribution < 1.29 is 22.2 Å². The number of carbonyl (C=O) groups is 1. The summed E-state index contributed by atoms with van der Waals surface area (Å²) in [5, 5.41) is 14.8. The number of hydrogen-bond donors (Lipinski definition) is 2. The largest absolute Gasteiger partial charge is 0.370 e. The molecule has 228 valence electrons. The number of nitrogens with two attached hydrogens (primary N) is 1. The first-order valence-corrected chi connectivity index (χ1v) is 16.0. The number of alkyl halides is 2. The van der Waals surface area contributed by atoms with Crippen molar-refractivity contribution in [1.29, 1.82) is 10.0 Å². The maximum Gasteiger partial charge on any atom is 0.248 e. The van der Waals surface area contributed by atoms with Gasteiger partial charge in [0.1, 0.15) is 0 Å². The lowest BCUT2D eigenvalue weighted by molar-refractivity contribution is -0.145. The Kier molecular flexibility index (Phi) is 8.02. The van der Waals surface area contributed by atoms with Crippen LogP contribution in [0.5, 0.6) is 0 Å². The first-order chi connectivity index (χ1) is 20.3. The number of hydrogen-bond acceptors (Lipinski definition) is 7. The smallest absolute Gasteiger partial charge is 0.248 e. The lowest BCUT2D eigenvalue weighted by atomic mass is 9.55. The Balaban J connectivity index is 1.67. The Labute approximate surface area is 248 Å². The molecule has 1 amide bonds. The fraction of sp³-hybridized carbons (Fsp3) is 0.467. The maximum absolute atomic E-state index is 15.2. The Bertz CT molecular complexity index is 1650. The molecule has 0 radical (unpaired) electrons. The van der Waals surface area contributed by atoms with Crippen LogP contribution in [0.1, 0.15) is 44.7 Å². The topological polar surface area (TPSA) is 142 Å². The number of halogens is 3. The molecule has 0 bridgehead atoms. The van der Waals surface area contributed by atoms with E-state index in [0.717, 1.165) is 5.69 Å². The molecule has 2 aliphatic rings. The van der Waals surface area contributed by atoms with Crippen molar-refractivity contribution in [3.8, 4) is 23.0 Å². The van der Waals surface area contributed by atoms with Gasteiger partial charge in [-0.3, -0.25) is 9.57 Å². The highest BCUT2D eigenvalue weighted by Crippen LogP contribution is 2.58. The summed E-state index contributed by atoms with van der Waals surface area (Å²) in [6.07, 6.45) is 1.23. The van der Waals surface area contributed by atoms with E-state index in [-0.39, 0.29) is 35.4 Å². The third kappa shape index (κ3) is 5.72. The van der Waals surface area contributed by atoms with Gasteiger partial charge in [0.15, 0.2) is 11.6 Å². The van der Waals surface area contributed by atoms with Crippen LogP contribution in [0.15, 0.2) is 48.8 Å². The zero-order chi connectivity index (χ0) is 31.2. The molecule has 13 heteroatoms. The molecule has 1 aromatic carbocycles. The summed E-state index contributed by atoms with van der Waals surface area (Å²) in [7, 11) is -2.57. The van der Waals surface area contributed by atoms with E-state index < -0.39 is 57.5 Å². The molecule has 1 saturated heterocycles. The summed E-state index contributed by atoms with van der Waals surface area (Å²) < 4.78 is 66.3. The van der Waals surface area contributed by atoms with E-state index in [1.54, 1.807) is 26.0 Å². The molecule has 0 spiro atoms. The Morgan fingerprint density at radius 2 is 1.86 bits per heavy atom. The molecule has 1 saturated carbocycles. The van der Waals surface area contributed by atoms with Gasteiger partial charge in [-0.05, 0) is 42.2 Å². The summed E-state index contributed by atoms with van der Waals surface area (Å²) in [5.41, 5.74) is 6.28. The molecular formula is C30H34F3N7O2S. The highest BCUT2D eigenvalue weighted by Gasteiger charge is 2.60. The molecule has 9 nitrogen and oxygen atoms in total. The molecule has 2 aromatic heterocycles. The molecule has 1 aliphatic heterocycles. The minimum atomic E-state index is -3.15. The van der Waals surface area contributed by atoms with Crippen LogP contribution >= 0.6 is 0 Å². The Hall–Kier alpha value is -3.92. The van der Waals surface area contributed by atoms with E-state index in [4.69, 9.17) is 10.5 Å². The van der Waals surface area contributed by atoms with E-state index in [0.29, 0.717) is 24.2 Å². The second kappa shape index (κ2) is 11.3. The van der Waals surface area contributed by atoms with E-state index in [2.05, 4.69) is 16.2 Å². The first kappa shape index (κ1) is 30.5. The van der Waals surface area contributed by atoms with Crippen molar-refractivity contribution in [1.82, 2.24) is 14.8 Å². The van der Waals surface area contributed by atoms with E-state index >= 15 is 8.78 Å². The Morgan fingerprint density at radius 3 is 2.44 bits per heavy atom. The molecule has 1 aliphatic carbocycles. The van der Waals surface area contributed by atoms with Gasteiger partial charge in [0.2, 0.25) is 11.8 Å². The van der Waals surface area contributed by atoms with E-state index in [1.165, 1.54) is 29.2 Å². The number of anilines is 1. The summed E-state index contributed by atoms with van der Waals surface area (Å²) in [6, 6.07) is 12.0. The van der Waals surface area contributed by atoms with Crippen LogP contribution in [-0.4, -0.2) is 55.4 Å². The fourth-order valence-corrected chi connectivity index (χ4v) is 7.76. The third-order valence-electron chi connectivity index (χ3n) is 8.80. The van der Waals surface area contributed by atoms with Crippen LogP contribution in [0, 0.1) is 39.2 Å². The van der Waals surface area contributed by atoms with Crippen molar-refractivity contribution in [2.45, 2.75) is 45.0 Å². The van der Waals surface area contributed by atoms with Crippen molar-refractivity contribution in [2.75, 3.05) is 29.5 Å². The van der Waals surface area contributed by atoms with Gasteiger partial charge >= 0.3 is 0 Å². The molecule has 3 atom stereocenters. The number of nitrogens with one attached hydrogen (secondary N) is 1. The minimum absolute atomic E-state index is 0.115. The number of amides is 1. The highest BCUT2D eigenvalue weighted by atomic mass is 32.2. The van der Waals surface area contributed by atoms with Crippen molar-refractivity contribution in [3.05, 3.63) is 60.3 Å².